The molecule has 0 fully saturated rings. The van der Waals surface area contributed by atoms with Crippen molar-refractivity contribution < 1.29 is 4.79 Å². The average Bonchev–Trinajstić information content (AvgIpc) is 2.71. The molecule has 5 heteroatoms. The quantitative estimate of drug-likeness (QED) is 0.891. The Morgan fingerprint density at radius 3 is 2.94 bits per heavy atom. The van der Waals surface area contributed by atoms with Crippen molar-refractivity contribution in [3.8, 4) is 0 Å². The summed E-state index contributed by atoms with van der Waals surface area (Å²) in [6.45, 7) is 3.71. The lowest BCUT2D eigenvalue weighted by Gasteiger charge is -2.08. The number of fused-ring (bicyclic) bond motifs is 1. The Labute approximate surface area is 102 Å². The zero-order valence-electron chi connectivity index (χ0n) is 8.95. The lowest BCUT2D eigenvalue weighted by atomic mass is 10.2. The minimum atomic E-state index is -0.0429. The van der Waals surface area contributed by atoms with Crippen LogP contribution in [0.3, 0.4) is 0 Å². The minimum Gasteiger partial charge on any atom is -0.325 e. The smallest absolute Gasteiger partial charge is 0.226 e. The summed E-state index contributed by atoms with van der Waals surface area (Å²) < 4.78 is 0.918. The van der Waals surface area contributed by atoms with E-state index in [1.54, 1.807) is 11.6 Å². The van der Waals surface area contributed by atoms with Crippen molar-refractivity contribution in [2.75, 3.05) is 5.32 Å². The summed E-state index contributed by atoms with van der Waals surface area (Å²) in [5.74, 6) is -0.0457. The molecule has 1 N–H and O–H groups in total. The number of amides is 1. The maximum Gasteiger partial charge on any atom is 0.226 e. The largest absolute Gasteiger partial charge is 0.325 e. The third-order valence-electron chi connectivity index (χ3n) is 2.22. The van der Waals surface area contributed by atoms with Crippen LogP contribution in [0.15, 0.2) is 17.6 Å². The highest BCUT2D eigenvalue weighted by molar-refractivity contribution is 7.17. The van der Waals surface area contributed by atoms with Crippen LogP contribution < -0.4 is 5.32 Å². The predicted molar refractivity (Wildman–Crippen MR) is 68.1 cm³/mol. The number of benzene rings is 1. The molecule has 0 aliphatic heterocycles. The van der Waals surface area contributed by atoms with Gasteiger partial charge in [0.2, 0.25) is 5.91 Å². The number of thiazole rings is 1. The third-order valence-corrected chi connectivity index (χ3v) is 3.38. The van der Waals surface area contributed by atoms with E-state index in [4.69, 9.17) is 11.6 Å². The van der Waals surface area contributed by atoms with Gasteiger partial charge in [-0.15, -0.1) is 11.3 Å². The summed E-state index contributed by atoms with van der Waals surface area (Å²) >= 11 is 7.47. The van der Waals surface area contributed by atoms with Gasteiger partial charge in [-0.25, -0.2) is 4.98 Å². The number of anilines is 1. The van der Waals surface area contributed by atoms with Crippen molar-refractivity contribution >= 4 is 44.7 Å². The highest BCUT2D eigenvalue weighted by Gasteiger charge is 2.12. The second-order valence-corrected chi connectivity index (χ2v) is 5.03. The Kier molecular flexibility index (Phi) is 3.12. The Bertz CT molecular complexity index is 536. The number of carbonyl (C=O) groups excluding carboxylic acids is 1. The molecular weight excluding hydrogens is 244 g/mol. The van der Waals surface area contributed by atoms with Gasteiger partial charge < -0.3 is 5.32 Å². The molecule has 0 radical (unpaired) electrons. The third kappa shape index (κ3) is 2.03. The van der Waals surface area contributed by atoms with Crippen molar-refractivity contribution in [3.05, 3.63) is 22.7 Å². The first kappa shape index (κ1) is 11.4. The Hall–Kier alpha value is -1.13. The van der Waals surface area contributed by atoms with Crippen LogP contribution in [0.1, 0.15) is 13.8 Å². The molecule has 0 aliphatic rings. The number of halogens is 1. The number of carbonyl (C=O) groups is 1. The molecule has 1 heterocycles. The van der Waals surface area contributed by atoms with Crippen LogP contribution in [0.25, 0.3) is 10.2 Å². The minimum absolute atomic E-state index is 0.00276. The lowest BCUT2D eigenvalue weighted by Crippen LogP contribution is -2.17. The zero-order valence-corrected chi connectivity index (χ0v) is 10.5. The molecule has 1 amide bonds. The molecule has 0 atom stereocenters. The molecule has 1 aromatic heterocycles. The van der Waals surface area contributed by atoms with Gasteiger partial charge in [0.25, 0.3) is 0 Å². The van der Waals surface area contributed by atoms with Crippen LogP contribution in [0.2, 0.25) is 5.02 Å². The monoisotopic (exact) mass is 254 g/mol. The fourth-order valence-corrected chi connectivity index (χ4v) is 2.34. The van der Waals surface area contributed by atoms with Gasteiger partial charge in [-0.1, -0.05) is 25.4 Å². The molecule has 3 nitrogen and oxygen atoms in total. The van der Waals surface area contributed by atoms with Crippen LogP contribution >= 0.6 is 22.9 Å². The average molecular weight is 255 g/mol. The highest BCUT2D eigenvalue weighted by atomic mass is 35.5. The summed E-state index contributed by atoms with van der Waals surface area (Å²) in [6.07, 6.45) is 0. The molecule has 84 valence electrons. The van der Waals surface area contributed by atoms with Gasteiger partial charge in [0.15, 0.2) is 0 Å². The normalized spacial score (nSPS) is 11.0. The van der Waals surface area contributed by atoms with E-state index < -0.39 is 0 Å². The molecule has 2 aromatic rings. The summed E-state index contributed by atoms with van der Waals surface area (Å²) in [5.41, 5.74) is 3.25. The number of hydrogen-bond acceptors (Lipinski definition) is 3. The predicted octanol–water partition coefficient (Wildman–Crippen LogP) is 3.54. The first-order chi connectivity index (χ1) is 7.59. The standard InChI is InChI=1S/C11H11ClN2OS/c1-6(2)11(15)14-8-4-3-7(12)9-10(8)16-5-13-9/h3-6H,1-2H3,(H,14,15). The molecule has 16 heavy (non-hydrogen) atoms. The van der Waals surface area contributed by atoms with E-state index in [0.29, 0.717) is 5.02 Å². The molecular formula is C11H11ClN2OS. The van der Waals surface area contributed by atoms with Gasteiger partial charge in [0, 0.05) is 5.92 Å². The van der Waals surface area contributed by atoms with Crippen LogP contribution in [-0.4, -0.2) is 10.9 Å². The highest BCUT2D eigenvalue weighted by Crippen LogP contribution is 2.32. The van der Waals surface area contributed by atoms with Crippen molar-refractivity contribution in [2.45, 2.75) is 13.8 Å². The van der Waals surface area contributed by atoms with Gasteiger partial charge in [0.05, 0.1) is 20.9 Å². The molecule has 0 saturated heterocycles. The maximum absolute atomic E-state index is 11.6. The first-order valence-corrected chi connectivity index (χ1v) is 6.18. The molecule has 0 saturated carbocycles. The van der Waals surface area contributed by atoms with Crippen LogP contribution in [0, 0.1) is 5.92 Å². The fraction of sp³-hybridized carbons (Fsp3) is 0.273. The lowest BCUT2D eigenvalue weighted by molar-refractivity contribution is -0.118. The van der Waals surface area contributed by atoms with Gasteiger partial charge in [-0.05, 0) is 12.1 Å². The maximum atomic E-state index is 11.6. The Morgan fingerprint density at radius 1 is 1.50 bits per heavy atom. The molecule has 0 aliphatic carbocycles. The second-order valence-electron chi connectivity index (χ2n) is 3.77. The summed E-state index contributed by atoms with van der Waals surface area (Å²) in [5, 5.41) is 3.48. The van der Waals surface area contributed by atoms with Gasteiger partial charge in [-0.3, -0.25) is 4.79 Å². The van der Waals surface area contributed by atoms with Crippen molar-refractivity contribution in [1.29, 1.82) is 0 Å². The molecule has 0 unspecified atom stereocenters. The molecule has 1 aromatic carbocycles. The van der Waals surface area contributed by atoms with Crippen molar-refractivity contribution in [3.63, 3.8) is 0 Å². The van der Waals surface area contributed by atoms with E-state index >= 15 is 0 Å². The van der Waals surface area contributed by atoms with E-state index in [1.165, 1.54) is 11.3 Å². The summed E-state index contributed by atoms with van der Waals surface area (Å²) in [4.78, 5) is 15.8. The van der Waals surface area contributed by atoms with Crippen molar-refractivity contribution in [2.24, 2.45) is 5.92 Å². The number of nitrogens with zero attached hydrogens (tertiary/aromatic N) is 1. The first-order valence-electron chi connectivity index (χ1n) is 4.92. The van der Waals surface area contributed by atoms with E-state index in [2.05, 4.69) is 10.3 Å². The van der Waals surface area contributed by atoms with Gasteiger partial charge in [-0.2, -0.15) is 0 Å². The number of aromatic nitrogens is 1. The second kappa shape index (κ2) is 4.39. The van der Waals surface area contributed by atoms with E-state index in [0.717, 1.165) is 15.9 Å². The van der Waals surface area contributed by atoms with Crippen LogP contribution in [-0.2, 0) is 4.79 Å². The van der Waals surface area contributed by atoms with Gasteiger partial charge in [0.1, 0.15) is 5.52 Å². The van der Waals surface area contributed by atoms with Crippen LogP contribution in [0.5, 0.6) is 0 Å². The van der Waals surface area contributed by atoms with E-state index in [-0.39, 0.29) is 11.8 Å². The number of hydrogen-bond donors (Lipinski definition) is 1. The fourth-order valence-electron chi connectivity index (χ4n) is 1.29. The topological polar surface area (TPSA) is 42.0 Å². The number of rotatable bonds is 2. The Morgan fingerprint density at radius 2 is 2.25 bits per heavy atom. The SMILES string of the molecule is CC(C)C(=O)Nc1ccc(Cl)c2ncsc12. The molecule has 2 rings (SSSR count). The molecule has 0 bridgehead atoms. The number of nitrogens with one attached hydrogen (secondary N) is 1. The zero-order chi connectivity index (χ0) is 11.7. The van der Waals surface area contributed by atoms with Crippen molar-refractivity contribution in [1.82, 2.24) is 4.98 Å². The van der Waals surface area contributed by atoms with E-state index in [1.807, 2.05) is 19.9 Å². The summed E-state index contributed by atoms with van der Waals surface area (Å²) in [6, 6.07) is 3.56. The molecule has 0 spiro atoms. The Balaban J connectivity index is 2.42. The van der Waals surface area contributed by atoms with Gasteiger partial charge >= 0.3 is 0 Å². The van der Waals surface area contributed by atoms with Crippen LogP contribution in [0.4, 0.5) is 5.69 Å². The van der Waals surface area contributed by atoms with E-state index in [9.17, 15) is 4.79 Å². The summed E-state index contributed by atoms with van der Waals surface area (Å²) in [7, 11) is 0.